The summed E-state index contributed by atoms with van der Waals surface area (Å²) in [6.07, 6.45) is 1.42. The molecule has 0 aliphatic carbocycles. The van der Waals surface area contributed by atoms with Crippen LogP contribution in [0, 0.1) is 0 Å². The molecule has 5 nitrogen and oxygen atoms in total. The Morgan fingerprint density at radius 3 is 2.89 bits per heavy atom. The largest absolute Gasteiger partial charge is 0.368 e. The van der Waals surface area contributed by atoms with Crippen molar-refractivity contribution in [1.29, 1.82) is 0 Å². The van der Waals surface area contributed by atoms with Gasteiger partial charge in [-0.05, 0) is 24.3 Å². The lowest BCUT2D eigenvalue weighted by atomic mass is 10.2. The molecule has 1 atom stereocenters. The Balaban J connectivity index is 1.61. The lowest BCUT2D eigenvalue weighted by Gasteiger charge is -2.10. The molecule has 1 aromatic heterocycles. The molecule has 0 radical (unpaired) electrons. The Morgan fingerprint density at radius 1 is 1.39 bits per heavy atom. The number of thiophene rings is 1. The van der Waals surface area contributed by atoms with Crippen LogP contribution < -0.4 is 10.6 Å². The Kier molecular flexibility index (Phi) is 4.72. The molecule has 1 aliphatic heterocycles. The van der Waals surface area contributed by atoms with E-state index in [-0.39, 0.29) is 17.9 Å². The predicted molar refractivity (Wildman–Crippen MR) is 68.6 cm³/mol. The molecule has 0 spiro atoms. The molecule has 1 saturated heterocycles. The van der Waals surface area contributed by atoms with E-state index < -0.39 is 0 Å². The van der Waals surface area contributed by atoms with Gasteiger partial charge in [0, 0.05) is 19.7 Å². The summed E-state index contributed by atoms with van der Waals surface area (Å²) >= 11 is 1.40. The smallest absolute Gasteiger partial charge is 0.261 e. The second-order valence-electron chi connectivity index (χ2n) is 4.03. The van der Waals surface area contributed by atoms with Gasteiger partial charge in [0.15, 0.2) is 0 Å². The first-order valence-corrected chi connectivity index (χ1v) is 6.86. The molecule has 2 heterocycles. The predicted octanol–water partition coefficient (Wildman–Crippen LogP) is 0.773. The minimum atomic E-state index is -0.307. The topological polar surface area (TPSA) is 67.4 Å². The fourth-order valence-corrected chi connectivity index (χ4v) is 2.39. The maximum atomic E-state index is 11.6. The third kappa shape index (κ3) is 3.54. The zero-order valence-corrected chi connectivity index (χ0v) is 10.8. The van der Waals surface area contributed by atoms with E-state index in [4.69, 9.17) is 4.74 Å². The van der Waals surface area contributed by atoms with Gasteiger partial charge in [0.25, 0.3) is 5.91 Å². The van der Waals surface area contributed by atoms with Crippen LogP contribution in [-0.4, -0.2) is 37.6 Å². The van der Waals surface area contributed by atoms with Gasteiger partial charge >= 0.3 is 0 Å². The number of amides is 2. The van der Waals surface area contributed by atoms with E-state index in [2.05, 4.69) is 10.6 Å². The summed E-state index contributed by atoms with van der Waals surface area (Å²) in [7, 11) is 0. The average Bonchev–Trinajstić information content (AvgIpc) is 3.05. The van der Waals surface area contributed by atoms with E-state index in [1.54, 1.807) is 6.07 Å². The van der Waals surface area contributed by atoms with Gasteiger partial charge in [-0.1, -0.05) is 6.07 Å². The molecular formula is C12H16N2O3S. The van der Waals surface area contributed by atoms with Crippen molar-refractivity contribution >= 4 is 23.2 Å². The van der Waals surface area contributed by atoms with Crippen LogP contribution in [0.4, 0.5) is 0 Å². The molecule has 18 heavy (non-hydrogen) atoms. The maximum Gasteiger partial charge on any atom is 0.261 e. The van der Waals surface area contributed by atoms with Crippen LogP contribution in [0.5, 0.6) is 0 Å². The van der Waals surface area contributed by atoms with Crippen molar-refractivity contribution in [2.45, 2.75) is 18.9 Å². The lowest BCUT2D eigenvalue weighted by molar-refractivity contribution is -0.129. The minimum Gasteiger partial charge on any atom is -0.368 e. The molecule has 1 aromatic rings. The highest BCUT2D eigenvalue weighted by Crippen LogP contribution is 2.11. The summed E-state index contributed by atoms with van der Waals surface area (Å²) in [6.45, 7) is 1.51. The first-order valence-electron chi connectivity index (χ1n) is 5.98. The quantitative estimate of drug-likeness (QED) is 0.775. The van der Waals surface area contributed by atoms with Gasteiger partial charge in [0.05, 0.1) is 4.88 Å². The lowest BCUT2D eigenvalue weighted by Crippen LogP contribution is -2.39. The standard InChI is InChI=1S/C12H16N2O3S/c15-11(9-3-1-7-17-9)13-5-6-14-12(16)10-4-2-8-18-10/h2,4,8-9H,1,3,5-7H2,(H,13,15)(H,14,16). The summed E-state index contributed by atoms with van der Waals surface area (Å²) in [6, 6.07) is 3.60. The van der Waals surface area contributed by atoms with Gasteiger partial charge in [-0.25, -0.2) is 0 Å². The molecule has 98 valence electrons. The minimum absolute atomic E-state index is 0.0853. The van der Waals surface area contributed by atoms with Crippen LogP contribution in [-0.2, 0) is 9.53 Å². The maximum absolute atomic E-state index is 11.6. The van der Waals surface area contributed by atoms with Crippen LogP contribution in [0.1, 0.15) is 22.5 Å². The van der Waals surface area contributed by atoms with Crippen LogP contribution in [0.25, 0.3) is 0 Å². The number of carbonyl (C=O) groups excluding carboxylic acids is 2. The van der Waals surface area contributed by atoms with E-state index in [1.807, 2.05) is 11.4 Å². The fraction of sp³-hybridized carbons (Fsp3) is 0.500. The first kappa shape index (κ1) is 13.0. The molecule has 1 aliphatic rings. The van der Waals surface area contributed by atoms with Crippen molar-refractivity contribution in [3.63, 3.8) is 0 Å². The SMILES string of the molecule is O=C(NCCNC(=O)C1CCCO1)c1cccs1. The van der Waals surface area contributed by atoms with E-state index in [0.29, 0.717) is 24.6 Å². The van der Waals surface area contributed by atoms with Crippen molar-refractivity contribution in [2.24, 2.45) is 0 Å². The van der Waals surface area contributed by atoms with Gasteiger partial charge in [-0.2, -0.15) is 0 Å². The summed E-state index contributed by atoms with van der Waals surface area (Å²) in [5, 5.41) is 7.35. The second kappa shape index (κ2) is 6.51. The van der Waals surface area contributed by atoms with Crippen molar-refractivity contribution < 1.29 is 14.3 Å². The number of carbonyl (C=O) groups is 2. The number of hydrogen-bond donors (Lipinski definition) is 2. The number of hydrogen-bond acceptors (Lipinski definition) is 4. The molecule has 6 heteroatoms. The van der Waals surface area contributed by atoms with Gasteiger partial charge in [-0.3, -0.25) is 9.59 Å². The Hall–Kier alpha value is -1.40. The second-order valence-corrected chi connectivity index (χ2v) is 4.97. The molecule has 1 unspecified atom stereocenters. The Bertz CT molecular complexity index is 399. The first-order chi connectivity index (χ1) is 8.77. The normalized spacial score (nSPS) is 18.6. The summed E-state index contributed by atoms with van der Waals surface area (Å²) in [5.41, 5.74) is 0. The highest BCUT2D eigenvalue weighted by molar-refractivity contribution is 7.12. The monoisotopic (exact) mass is 268 g/mol. The fourth-order valence-electron chi connectivity index (χ4n) is 1.75. The zero-order valence-electron chi connectivity index (χ0n) is 9.98. The van der Waals surface area contributed by atoms with Crippen LogP contribution in [0.2, 0.25) is 0 Å². The van der Waals surface area contributed by atoms with Crippen molar-refractivity contribution in [3.8, 4) is 0 Å². The molecule has 1 fully saturated rings. The van der Waals surface area contributed by atoms with Crippen molar-refractivity contribution in [2.75, 3.05) is 19.7 Å². The van der Waals surface area contributed by atoms with Crippen molar-refractivity contribution in [3.05, 3.63) is 22.4 Å². The molecule has 0 aromatic carbocycles. The van der Waals surface area contributed by atoms with Gasteiger partial charge in [0.2, 0.25) is 5.91 Å². The van der Waals surface area contributed by atoms with Gasteiger partial charge in [0.1, 0.15) is 6.10 Å². The number of rotatable bonds is 5. The number of nitrogens with one attached hydrogen (secondary N) is 2. The highest BCUT2D eigenvalue weighted by Gasteiger charge is 2.22. The van der Waals surface area contributed by atoms with Crippen LogP contribution >= 0.6 is 11.3 Å². The van der Waals surface area contributed by atoms with Crippen LogP contribution in [0.3, 0.4) is 0 Å². The molecule has 2 amide bonds. The summed E-state index contributed by atoms with van der Waals surface area (Å²) in [4.78, 5) is 23.8. The van der Waals surface area contributed by atoms with Gasteiger partial charge < -0.3 is 15.4 Å². The van der Waals surface area contributed by atoms with E-state index in [0.717, 1.165) is 12.8 Å². The van der Waals surface area contributed by atoms with E-state index in [9.17, 15) is 9.59 Å². The third-order valence-corrected chi connectivity index (χ3v) is 3.55. The molecule has 0 bridgehead atoms. The Morgan fingerprint density at radius 2 is 2.22 bits per heavy atom. The summed E-state index contributed by atoms with van der Waals surface area (Å²) in [5.74, 6) is -0.186. The van der Waals surface area contributed by atoms with E-state index in [1.165, 1.54) is 11.3 Å². The Labute approximate surface area is 110 Å². The molecular weight excluding hydrogens is 252 g/mol. The van der Waals surface area contributed by atoms with Crippen LogP contribution in [0.15, 0.2) is 17.5 Å². The van der Waals surface area contributed by atoms with E-state index >= 15 is 0 Å². The highest BCUT2D eigenvalue weighted by atomic mass is 32.1. The van der Waals surface area contributed by atoms with Gasteiger partial charge in [-0.15, -0.1) is 11.3 Å². The molecule has 2 rings (SSSR count). The average molecular weight is 268 g/mol. The third-order valence-electron chi connectivity index (χ3n) is 2.68. The molecule has 0 saturated carbocycles. The number of ether oxygens (including phenoxy) is 1. The van der Waals surface area contributed by atoms with Crippen molar-refractivity contribution in [1.82, 2.24) is 10.6 Å². The molecule has 2 N–H and O–H groups in total. The summed E-state index contributed by atoms with van der Waals surface area (Å²) < 4.78 is 5.25. The zero-order chi connectivity index (χ0) is 12.8.